The maximum Gasteiger partial charge on any atom is 0.317 e. The lowest BCUT2D eigenvalue weighted by Gasteiger charge is -2.36. The van der Waals surface area contributed by atoms with Gasteiger partial charge in [0.05, 0.1) is 20.3 Å². The molecule has 1 aliphatic rings. The third-order valence-corrected chi connectivity index (χ3v) is 2.70. The lowest BCUT2D eigenvalue weighted by Crippen LogP contribution is -2.51. The van der Waals surface area contributed by atoms with Crippen molar-refractivity contribution in [3.05, 3.63) is 0 Å². The Morgan fingerprint density at radius 2 is 2.40 bits per heavy atom. The molecule has 1 aliphatic heterocycles. The zero-order valence-corrected chi connectivity index (χ0v) is 7.31. The van der Waals surface area contributed by atoms with Crippen LogP contribution in [-0.2, 0) is 14.3 Å². The highest BCUT2D eigenvalue weighted by Gasteiger charge is 2.46. The predicted octanol–water partition coefficient (Wildman–Crippen LogP) is 0.571. The molecule has 0 saturated carbocycles. The maximum absolute atomic E-state index is 11.0. The minimum absolute atomic E-state index is 0.185. The van der Waals surface area contributed by atoms with Crippen molar-refractivity contribution in [3.8, 4) is 0 Å². The Bertz CT molecular complexity index is 136. The third kappa shape index (κ3) is 1.06. The van der Waals surface area contributed by atoms with Gasteiger partial charge in [-0.05, 0) is 0 Å². The van der Waals surface area contributed by atoms with Gasteiger partial charge < -0.3 is 9.47 Å². The summed E-state index contributed by atoms with van der Waals surface area (Å²) >= 11 is 3.24. The fourth-order valence-electron chi connectivity index (χ4n) is 0.815. The molecule has 0 aliphatic carbocycles. The van der Waals surface area contributed by atoms with Crippen LogP contribution in [0, 0.1) is 5.41 Å². The van der Waals surface area contributed by atoms with E-state index in [4.69, 9.17) is 4.74 Å². The Hall–Kier alpha value is -0.0900. The molecule has 1 rings (SSSR count). The minimum Gasteiger partial charge on any atom is -0.468 e. The van der Waals surface area contributed by atoms with Gasteiger partial charge in [-0.1, -0.05) is 15.9 Å². The third-order valence-electron chi connectivity index (χ3n) is 1.63. The molecule has 1 fully saturated rings. The van der Waals surface area contributed by atoms with Gasteiger partial charge in [-0.15, -0.1) is 0 Å². The van der Waals surface area contributed by atoms with Crippen LogP contribution in [0.1, 0.15) is 0 Å². The number of hydrogen-bond donors (Lipinski definition) is 0. The first-order valence-electron chi connectivity index (χ1n) is 2.97. The summed E-state index contributed by atoms with van der Waals surface area (Å²) in [6, 6.07) is 0. The minimum atomic E-state index is -0.394. The summed E-state index contributed by atoms with van der Waals surface area (Å²) in [4.78, 5) is 11.0. The Kier molecular flexibility index (Phi) is 2.31. The van der Waals surface area contributed by atoms with Gasteiger partial charge >= 0.3 is 5.97 Å². The van der Waals surface area contributed by atoms with Crippen LogP contribution < -0.4 is 0 Å². The lowest BCUT2D eigenvalue weighted by molar-refractivity contribution is -0.177. The van der Waals surface area contributed by atoms with Crippen LogP contribution in [0.4, 0.5) is 0 Å². The second-order valence-electron chi connectivity index (χ2n) is 2.40. The number of carbonyl (C=O) groups is 1. The largest absolute Gasteiger partial charge is 0.468 e. The molecule has 0 N–H and O–H groups in total. The normalized spacial score (nSPS) is 21.4. The Morgan fingerprint density at radius 1 is 1.80 bits per heavy atom. The van der Waals surface area contributed by atoms with E-state index in [0.29, 0.717) is 18.5 Å². The topological polar surface area (TPSA) is 35.5 Å². The molecule has 0 spiro atoms. The van der Waals surface area contributed by atoms with Gasteiger partial charge in [-0.2, -0.15) is 0 Å². The predicted molar refractivity (Wildman–Crippen MR) is 39.1 cm³/mol. The molecule has 0 radical (unpaired) electrons. The number of carbonyl (C=O) groups excluding carboxylic acids is 1. The molecule has 0 aromatic rings. The van der Waals surface area contributed by atoms with Gasteiger partial charge in [0.25, 0.3) is 0 Å². The quantitative estimate of drug-likeness (QED) is 0.492. The molecular formula is C6H9BrO3. The first-order chi connectivity index (χ1) is 4.75. The summed E-state index contributed by atoms with van der Waals surface area (Å²) in [6.45, 7) is 0.954. The smallest absolute Gasteiger partial charge is 0.317 e. The molecule has 1 heterocycles. The molecule has 0 unspecified atom stereocenters. The molecule has 0 bridgehead atoms. The molecule has 10 heavy (non-hydrogen) atoms. The molecule has 0 aromatic heterocycles. The van der Waals surface area contributed by atoms with Crippen molar-refractivity contribution in [2.24, 2.45) is 5.41 Å². The monoisotopic (exact) mass is 208 g/mol. The molecule has 0 atom stereocenters. The first kappa shape index (κ1) is 8.01. The summed E-state index contributed by atoms with van der Waals surface area (Å²) < 4.78 is 9.52. The van der Waals surface area contributed by atoms with E-state index >= 15 is 0 Å². The van der Waals surface area contributed by atoms with Crippen LogP contribution in [0.25, 0.3) is 0 Å². The molecule has 1 saturated heterocycles. The van der Waals surface area contributed by atoms with Gasteiger partial charge in [0, 0.05) is 5.33 Å². The Morgan fingerprint density at radius 3 is 2.50 bits per heavy atom. The van der Waals surface area contributed by atoms with Crippen LogP contribution in [0.2, 0.25) is 0 Å². The van der Waals surface area contributed by atoms with Crippen LogP contribution in [-0.4, -0.2) is 31.6 Å². The van der Waals surface area contributed by atoms with Crippen molar-refractivity contribution in [3.63, 3.8) is 0 Å². The number of halogens is 1. The average molecular weight is 209 g/mol. The SMILES string of the molecule is COC(=O)C1(CBr)COC1. The molecule has 3 nitrogen and oxygen atoms in total. The highest BCUT2D eigenvalue weighted by atomic mass is 79.9. The average Bonchev–Trinajstić information content (AvgIpc) is 1.86. The lowest BCUT2D eigenvalue weighted by atomic mass is 9.89. The summed E-state index contributed by atoms with van der Waals surface area (Å²) in [5.41, 5.74) is -0.394. The maximum atomic E-state index is 11.0. The summed E-state index contributed by atoms with van der Waals surface area (Å²) in [7, 11) is 1.39. The summed E-state index contributed by atoms with van der Waals surface area (Å²) in [5.74, 6) is -0.185. The molecule has 0 amide bonds. The van der Waals surface area contributed by atoms with Crippen molar-refractivity contribution in [1.29, 1.82) is 0 Å². The Labute approximate surface area is 67.8 Å². The van der Waals surface area contributed by atoms with E-state index in [1.165, 1.54) is 7.11 Å². The van der Waals surface area contributed by atoms with Crippen molar-refractivity contribution >= 4 is 21.9 Å². The van der Waals surface area contributed by atoms with Gasteiger partial charge in [0.2, 0.25) is 0 Å². The zero-order valence-electron chi connectivity index (χ0n) is 5.72. The van der Waals surface area contributed by atoms with E-state index in [9.17, 15) is 4.79 Å². The van der Waals surface area contributed by atoms with Crippen molar-refractivity contribution < 1.29 is 14.3 Å². The van der Waals surface area contributed by atoms with Crippen molar-refractivity contribution in [2.75, 3.05) is 25.7 Å². The zero-order chi connectivity index (χ0) is 7.61. The van der Waals surface area contributed by atoms with Crippen LogP contribution in [0.15, 0.2) is 0 Å². The van der Waals surface area contributed by atoms with Gasteiger partial charge in [-0.25, -0.2) is 0 Å². The highest BCUT2D eigenvalue weighted by molar-refractivity contribution is 9.09. The molecule has 0 aromatic carbocycles. The fraction of sp³-hybridized carbons (Fsp3) is 0.833. The number of alkyl halides is 1. The van der Waals surface area contributed by atoms with Crippen molar-refractivity contribution in [1.82, 2.24) is 0 Å². The highest BCUT2D eigenvalue weighted by Crippen LogP contribution is 2.30. The standard InChI is InChI=1S/C6H9BrO3/c1-9-5(8)6(2-7)3-10-4-6/h2-4H2,1H3. The molecule has 4 heteroatoms. The molecular weight excluding hydrogens is 200 g/mol. The van der Waals surface area contributed by atoms with Gasteiger partial charge in [0.15, 0.2) is 0 Å². The van der Waals surface area contributed by atoms with E-state index in [1.807, 2.05) is 0 Å². The number of rotatable bonds is 2. The van der Waals surface area contributed by atoms with E-state index < -0.39 is 5.41 Å². The second-order valence-corrected chi connectivity index (χ2v) is 2.96. The van der Waals surface area contributed by atoms with E-state index in [0.717, 1.165) is 0 Å². The number of esters is 1. The van der Waals surface area contributed by atoms with Crippen LogP contribution in [0.3, 0.4) is 0 Å². The number of methoxy groups -OCH3 is 1. The number of ether oxygens (including phenoxy) is 2. The van der Waals surface area contributed by atoms with Crippen molar-refractivity contribution in [2.45, 2.75) is 0 Å². The second kappa shape index (κ2) is 2.88. The Balaban J connectivity index is 2.55. The summed E-state index contributed by atoms with van der Waals surface area (Å²) in [5, 5.41) is 0.618. The van der Waals surface area contributed by atoms with E-state index in [2.05, 4.69) is 20.7 Å². The number of hydrogen-bond acceptors (Lipinski definition) is 3. The van der Waals surface area contributed by atoms with Gasteiger partial charge in [0.1, 0.15) is 5.41 Å². The van der Waals surface area contributed by atoms with E-state index in [1.54, 1.807) is 0 Å². The van der Waals surface area contributed by atoms with Crippen LogP contribution >= 0.6 is 15.9 Å². The summed E-state index contributed by atoms with van der Waals surface area (Å²) in [6.07, 6.45) is 0. The van der Waals surface area contributed by atoms with E-state index in [-0.39, 0.29) is 5.97 Å². The van der Waals surface area contributed by atoms with Crippen LogP contribution in [0.5, 0.6) is 0 Å². The molecule has 58 valence electrons. The fourth-order valence-corrected chi connectivity index (χ4v) is 1.37. The van der Waals surface area contributed by atoms with Gasteiger partial charge in [-0.3, -0.25) is 4.79 Å². The first-order valence-corrected chi connectivity index (χ1v) is 4.09.